The number of carbonyl (C=O) groups is 2. The fourth-order valence-electron chi connectivity index (χ4n) is 8.41. The van der Waals surface area contributed by atoms with E-state index in [0.717, 1.165) is 106 Å². The molecule has 0 aromatic carbocycles. The zero-order valence-corrected chi connectivity index (χ0v) is 37.9. The first-order valence-corrected chi connectivity index (χ1v) is 26.2. The molecule has 0 aromatic rings. The summed E-state index contributed by atoms with van der Waals surface area (Å²) in [6.45, 7) is 7.83. The Morgan fingerprint density at radius 1 is 0.600 bits per heavy atom. The van der Waals surface area contributed by atoms with Gasteiger partial charge in [-0.2, -0.15) is 23.5 Å². The van der Waals surface area contributed by atoms with Gasteiger partial charge in [0.2, 0.25) is 0 Å². The molecule has 0 saturated heterocycles. The molecule has 55 heavy (non-hydrogen) atoms. The molecule has 2 aliphatic carbocycles. The summed E-state index contributed by atoms with van der Waals surface area (Å²) in [4.78, 5) is 28.1. The third kappa shape index (κ3) is 29.4. The minimum absolute atomic E-state index is 0.0129. The van der Waals surface area contributed by atoms with Gasteiger partial charge in [-0.25, -0.2) is 0 Å². The Morgan fingerprint density at radius 2 is 1.13 bits per heavy atom. The first-order valence-electron chi connectivity index (χ1n) is 24.0. The molecule has 8 heteroatoms. The molecule has 2 aliphatic rings. The van der Waals surface area contributed by atoms with Crippen LogP contribution in [-0.4, -0.2) is 82.9 Å². The third-order valence-corrected chi connectivity index (χ3v) is 14.7. The Hall–Kier alpha value is -0.440. The first kappa shape index (κ1) is 50.7. The van der Waals surface area contributed by atoms with Crippen molar-refractivity contribution in [1.29, 1.82) is 0 Å². The topological polar surface area (TPSA) is 76.1 Å². The van der Waals surface area contributed by atoms with Gasteiger partial charge in [0.15, 0.2) is 0 Å². The SMILES string of the molecule is CCCCCCCCCC(=O)OC(CCCCN(CCCO)CCCCCSCC(CCCCCC)OC(=O)CCC1CCCCC1)CSC1CCCCC1. The molecule has 0 aliphatic heterocycles. The molecule has 0 radical (unpaired) electrons. The van der Waals surface area contributed by atoms with E-state index in [2.05, 4.69) is 30.5 Å². The van der Waals surface area contributed by atoms with Crippen molar-refractivity contribution in [3.05, 3.63) is 0 Å². The highest BCUT2D eigenvalue weighted by atomic mass is 32.2. The number of esters is 2. The minimum Gasteiger partial charge on any atom is -0.461 e. The second-order valence-corrected chi connectivity index (χ2v) is 19.6. The Bertz CT molecular complexity index is 881. The number of thioether (sulfide) groups is 2. The lowest BCUT2D eigenvalue weighted by Crippen LogP contribution is -2.28. The average Bonchev–Trinajstić information content (AvgIpc) is 3.20. The normalized spacial score (nSPS) is 16.7. The summed E-state index contributed by atoms with van der Waals surface area (Å²) < 4.78 is 12.2. The fraction of sp³-hybridized carbons (Fsp3) is 0.957. The van der Waals surface area contributed by atoms with Crippen LogP contribution in [0.5, 0.6) is 0 Å². The first-order chi connectivity index (χ1) is 27.0. The van der Waals surface area contributed by atoms with E-state index in [1.54, 1.807) is 0 Å². The van der Waals surface area contributed by atoms with E-state index >= 15 is 0 Å². The van der Waals surface area contributed by atoms with E-state index in [9.17, 15) is 14.7 Å². The zero-order chi connectivity index (χ0) is 39.4. The van der Waals surface area contributed by atoms with Gasteiger partial charge in [-0.1, -0.05) is 129 Å². The molecule has 2 fully saturated rings. The van der Waals surface area contributed by atoms with Crippen LogP contribution in [0.4, 0.5) is 0 Å². The molecule has 2 atom stereocenters. The van der Waals surface area contributed by atoms with Crippen molar-refractivity contribution in [2.75, 3.05) is 43.5 Å². The summed E-state index contributed by atoms with van der Waals surface area (Å²) in [5.41, 5.74) is 0. The highest BCUT2D eigenvalue weighted by Gasteiger charge is 2.21. The Kier molecular flexibility index (Phi) is 33.8. The van der Waals surface area contributed by atoms with Gasteiger partial charge in [0.25, 0.3) is 0 Å². The maximum Gasteiger partial charge on any atom is 0.306 e. The van der Waals surface area contributed by atoms with Crippen LogP contribution in [0, 0.1) is 5.92 Å². The molecular formula is C47H89NO5S2. The number of hydrogen-bond donors (Lipinski definition) is 1. The highest BCUT2D eigenvalue weighted by molar-refractivity contribution is 8.00. The maximum absolute atomic E-state index is 12.8. The van der Waals surface area contributed by atoms with Crippen LogP contribution >= 0.6 is 23.5 Å². The van der Waals surface area contributed by atoms with Crippen LogP contribution in [0.15, 0.2) is 0 Å². The van der Waals surface area contributed by atoms with Crippen molar-refractivity contribution in [3.8, 4) is 0 Å². The lowest BCUT2D eigenvalue weighted by atomic mass is 9.86. The molecule has 0 amide bonds. The van der Waals surface area contributed by atoms with Crippen molar-refractivity contribution in [3.63, 3.8) is 0 Å². The second-order valence-electron chi connectivity index (χ2n) is 17.1. The van der Waals surface area contributed by atoms with Gasteiger partial charge in [0.05, 0.1) is 0 Å². The zero-order valence-electron chi connectivity index (χ0n) is 36.2. The summed E-state index contributed by atoms with van der Waals surface area (Å²) in [7, 11) is 0. The molecule has 324 valence electrons. The largest absolute Gasteiger partial charge is 0.461 e. The fourth-order valence-corrected chi connectivity index (χ4v) is 10.9. The van der Waals surface area contributed by atoms with Crippen molar-refractivity contribution >= 4 is 35.5 Å². The summed E-state index contributed by atoms with van der Waals surface area (Å²) in [5, 5.41) is 10.3. The van der Waals surface area contributed by atoms with E-state index < -0.39 is 0 Å². The number of nitrogens with zero attached hydrogens (tertiary/aromatic N) is 1. The van der Waals surface area contributed by atoms with Crippen LogP contribution in [0.2, 0.25) is 0 Å². The predicted octanol–water partition coefficient (Wildman–Crippen LogP) is 13.1. The number of hydrogen-bond acceptors (Lipinski definition) is 8. The molecule has 0 spiro atoms. The van der Waals surface area contributed by atoms with Crippen molar-refractivity contribution < 1.29 is 24.2 Å². The molecule has 2 rings (SSSR count). The van der Waals surface area contributed by atoms with E-state index in [4.69, 9.17) is 9.47 Å². The summed E-state index contributed by atoms with van der Waals surface area (Å²) in [6, 6.07) is 0. The van der Waals surface area contributed by atoms with Gasteiger partial charge < -0.3 is 19.5 Å². The van der Waals surface area contributed by atoms with E-state index in [1.165, 1.54) is 135 Å². The molecule has 0 heterocycles. The van der Waals surface area contributed by atoms with Gasteiger partial charge in [-0.05, 0) is 102 Å². The monoisotopic (exact) mass is 812 g/mol. The Labute approximate surface area is 349 Å². The Balaban J connectivity index is 1.67. The molecule has 6 nitrogen and oxygen atoms in total. The van der Waals surface area contributed by atoms with Crippen LogP contribution in [0.3, 0.4) is 0 Å². The van der Waals surface area contributed by atoms with Crippen LogP contribution in [0.25, 0.3) is 0 Å². The Morgan fingerprint density at radius 3 is 1.80 bits per heavy atom. The van der Waals surface area contributed by atoms with E-state index in [0.29, 0.717) is 12.8 Å². The summed E-state index contributed by atoms with van der Waals surface area (Å²) >= 11 is 4.03. The lowest BCUT2D eigenvalue weighted by molar-refractivity contribution is -0.149. The molecule has 1 N–H and O–H groups in total. The predicted molar refractivity (Wildman–Crippen MR) is 239 cm³/mol. The van der Waals surface area contributed by atoms with Gasteiger partial charge in [-0.15, -0.1) is 0 Å². The summed E-state index contributed by atoms with van der Waals surface area (Å²) in [5.74, 6) is 3.77. The number of aliphatic hydroxyl groups excluding tert-OH is 1. The molecule has 0 aromatic heterocycles. The molecule has 0 bridgehead atoms. The third-order valence-electron chi connectivity index (χ3n) is 12.0. The quantitative estimate of drug-likeness (QED) is 0.0491. The number of aliphatic hydroxyl groups is 1. The van der Waals surface area contributed by atoms with Crippen LogP contribution in [0.1, 0.15) is 219 Å². The van der Waals surface area contributed by atoms with Crippen molar-refractivity contribution in [2.45, 2.75) is 237 Å². The number of ether oxygens (including phenoxy) is 2. The second kappa shape index (κ2) is 36.6. The van der Waals surface area contributed by atoms with Gasteiger partial charge in [-0.3, -0.25) is 9.59 Å². The minimum atomic E-state index is 0.0129. The molecule has 2 saturated carbocycles. The smallest absolute Gasteiger partial charge is 0.306 e. The van der Waals surface area contributed by atoms with Crippen LogP contribution in [-0.2, 0) is 19.1 Å². The number of unbranched alkanes of at least 4 members (excludes halogenated alkanes) is 12. The van der Waals surface area contributed by atoms with E-state index in [1.807, 2.05) is 11.8 Å². The number of rotatable bonds is 37. The van der Waals surface area contributed by atoms with Crippen molar-refractivity contribution in [1.82, 2.24) is 4.90 Å². The van der Waals surface area contributed by atoms with Crippen molar-refractivity contribution in [2.24, 2.45) is 5.92 Å². The van der Waals surface area contributed by atoms with Gasteiger partial charge in [0, 0.05) is 42.7 Å². The highest BCUT2D eigenvalue weighted by Crippen LogP contribution is 2.30. The van der Waals surface area contributed by atoms with Gasteiger partial charge >= 0.3 is 11.9 Å². The summed E-state index contributed by atoms with van der Waals surface area (Å²) in [6.07, 6.45) is 37.6. The van der Waals surface area contributed by atoms with E-state index in [-0.39, 0.29) is 30.8 Å². The maximum atomic E-state index is 12.8. The lowest BCUT2D eigenvalue weighted by Gasteiger charge is -2.25. The molecular weight excluding hydrogens is 723 g/mol. The van der Waals surface area contributed by atoms with Gasteiger partial charge in [0.1, 0.15) is 12.2 Å². The van der Waals surface area contributed by atoms with Crippen LogP contribution < -0.4 is 0 Å². The standard InChI is InChI=1S/C47H89NO5S2/c1-3-5-7-9-10-11-20-32-46(50)53-44(41-55-45-30-18-13-19-31-45)29-21-23-36-48(37-25-38-49)35-22-14-24-39-54-40-43(28-17-8-6-4-2)52-47(51)34-33-42-26-15-12-16-27-42/h42-45,49H,3-41H2,1-2H3. The molecule has 2 unspecified atom stereocenters. The average molecular weight is 812 g/mol. The number of carbonyl (C=O) groups excluding carboxylic acids is 2.